The van der Waals surface area contributed by atoms with Gasteiger partial charge in [-0.05, 0) is 54.7 Å². The Morgan fingerprint density at radius 2 is 1.90 bits per heavy atom. The minimum atomic E-state index is 0.0451. The van der Waals surface area contributed by atoms with Crippen molar-refractivity contribution < 1.29 is 0 Å². The van der Waals surface area contributed by atoms with Crippen molar-refractivity contribution in [3.8, 4) is 0 Å². The molecule has 2 nitrogen and oxygen atoms in total. The molecule has 0 aliphatic carbocycles. The van der Waals surface area contributed by atoms with E-state index >= 15 is 0 Å². The predicted molar refractivity (Wildman–Crippen MR) is 88.8 cm³/mol. The normalized spacial score (nSPS) is 12.4. The van der Waals surface area contributed by atoms with E-state index in [1.165, 1.54) is 16.7 Å². The zero-order chi connectivity index (χ0) is 14.7. The number of hydrazine groups is 1. The van der Waals surface area contributed by atoms with E-state index in [4.69, 9.17) is 17.4 Å². The molecular formula is C16H18BrClN2. The Kier molecular flexibility index (Phi) is 5.22. The highest BCUT2D eigenvalue weighted by Gasteiger charge is 2.14. The van der Waals surface area contributed by atoms with Gasteiger partial charge in [-0.2, -0.15) is 0 Å². The second-order valence-electron chi connectivity index (χ2n) is 5.01. The van der Waals surface area contributed by atoms with Crippen LogP contribution in [-0.2, 0) is 6.42 Å². The van der Waals surface area contributed by atoms with Gasteiger partial charge in [0, 0.05) is 9.50 Å². The average Bonchev–Trinajstić information content (AvgIpc) is 2.41. The molecule has 0 aromatic heterocycles. The summed E-state index contributed by atoms with van der Waals surface area (Å²) in [5, 5.41) is 0.711. The number of benzene rings is 2. The maximum atomic E-state index is 5.98. The van der Waals surface area contributed by atoms with E-state index in [0.717, 1.165) is 16.5 Å². The third-order valence-electron chi connectivity index (χ3n) is 3.55. The molecule has 20 heavy (non-hydrogen) atoms. The summed E-state index contributed by atoms with van der Waals surface area (Å²) in [5.41, 5.74) is 7.86. The van der Waals surface area contributed by atoms with Gasteiger partial charge >= 0.3 is 0 Å². The van der Waals surface area contributed by atoms with Crippen LogP contribution in [0.25, 0.3) is 0 Å². The maximum Gasteiger partial charge on any atom is 0.0511 e. The summed E-state index contributed by atoms with van der Waals surface area (Å²) in [6, 6.07) is 12.3. The third-order valence-corrected chi connectivity index (χ3v) is 4.47. The highest BCUT2D eigenvalue weighted by atomic mass is 79.9. The lowest BCUT2D eigenvalue weighted by atomic mass is 9.97. The van der Waals surface area contributed by atoms with Crippen LogP contribution in [0.1, 0.15) is 28.3 Å². The molecule has 0 saturated carbocycles. The van der Waals surface area contributed by atoms with Gasteiger partial charge in [-0.25, -0.2) is 0 Å². The van der Waals surface area contributed by atoms with Crippen LogP contribution in [0.15, 0.2) is 40.9 Å². The standard InChI is InChI=1S/C16H18BrClN2/c1-10-3-4-12(7-11(10)2)8-16(20-19)14-6-5-13(18)9-15(14)17/h3-7,9,16,20H,8,19H2,1-2H3. The SMILES string of the molecule is Cc1ccc(CC(NN)c2ccc(Cl)cc2Br)cc1C. The molecular weight excluding hydrogens is 336 g/mol. The lowest BCUT2D eigenvalue weighted by Crippen LogP contribution is -2.29. The van der Waals surface area contributed by atoms with Gasteiger partial charge in [0.2, 0.25) is 0 Å². The van der Waals surface area contributed by atoms with Gasteiger partial charge in [0.1, 0.15) is 0 Å². The van der Waals surface area contributed by atoms with Crippen LogP contribution in [0.4, 0.5) is 0 Å². The molecule has 0 radical (unpaired) electrons. The highest BCUT2D eigenvalue weighted by molar-refractivity contribution is 9.10. The van der Waals surface area contributed by atoms with Crippen molar-refractivity contribution in [3.05, 3.63) is 68.1 Å². The van der Waals surface area contributed by atoms with Gasteiger partial charge in [-0.3, -0.25) is 11.3 Å². The van der Waals surface area contributed by atoms with Crippen molar-refractivity contribution in [2.45, 2.75) is 26.3 Å². The summed E-state index contributed by atoms with van der Waals surface area (Å²) < 4.78 is 0.969. The Morgan fingerprint density at radius 1 is 1.15 bits per heavy atom. The topological polar surface area (TPSA) is 38.0 Å². The van der Waals surface area contributed by atoms with E-state index in [-0.39, 0.29) is 6.04 Å². The molecule has 0 amide bonds. The van der Waals surface area contributed by atoms with E-state index in [0.29, 0.717) is 5.02 Å². The molecule has 0 spiro atoms. The minimum Gasteiger partial charge on any atom is -0.271 e. The van der Waals surface area contributed by atoms with Crippen LogP contribution in [0.5, 0.6) is 0 Å². The molecule has 4 heteroatoms. The number of rotatable bonds is 4. The lowest BCUT2D eigenvalue weighted by Gasteiger charge is -2.18. The first-order valence-corrected chi connectivity index (χ1v) is 7.65. The Bertz CT molecular complexity index is 613. The van der Waals surface area contributed by atoms with Crippen molar-refractivity contribution in [1.82, 2.24) is 5.43 Å². The minimum absolute atomic E-state index is 0.0451. The van der Waals surface area contributed by atoms with Crippen LogP contribution in [0.3, 0.4) is 0 Å². The lowest BCUT2D eigenvalue weighted by molar-refractivity contribution is 0.550. The van der Waals surface area contributed by atoms with Crippen LogP contribution < -0.4 is 11.3 Å². The number of nitrogens with two attached hydrogens (primary N) is 1. The van der Waals surface area contributed by atoms with Crippen LogP contribution in [0.2, 0.25) is 5.02 Å². The van der Waals surface area contributed by atoms with E-state index < -0.39 is 0 Å². The molecule has 2 aromatic carbocycles. The number of aryl methyl sites for hydroxylation is 2. The summed E-state index contributed by atoms with van der Waals surface area (Å²) in [6.45, 7) is 4.25. The third kappa shape index (κ3) is 3.61. The van der Waals surface area contributed by atoms with Crippen molar-refractivity contribution in [1.29, 1.82) is 0 Å². The fourth-order valence-electron chi connectivity index (χ4n) is 2.21. The van der Waals surface area contributed by atoms with Crippen LogP contribution in [-0.4, -0.2) is 0 Å². The molecule has 2 rings (SSSR count). The summed E-state index contributed by atoms with van der Waals surface area (Å²) in [4.78, 5) is 0. The Morgan fingerprint density at radius 3 is 2.50 bits per heavy atom. The largest absolute Gasteiger partial charge is 0.271 e. The molecule has 1 atom stereocenters. The second-order valence-corrected chi connectivity index (χ2v) is 6.30. The molecule has 0 aliphatic heterocycles. The number of hydrogen-bond donors (Lipinski definition) is 2. The molecule has 0 fully saturated rings. The first-order chi connectivity index (χ1) is 9.51. The van der Waals surface area contributed by atoms with E-state index in [1.54, 1.807) is 0 Å². The maximum absolute atomic E-state index is 5.98. The molecule has 0 aliphatic rings. The van der Waals surface area contributed by atoms with Crippen molar-refractivity contribution >= 4 is 27.5 Å². The average molecular weight is 354 g/mol. The molecule has 0 heterocycles. The number of halogens is 2. The molecule has 1 unspecified atom stereocenters. The zero-order valence-electron chi connectivity index (χ0n) is 11.6. The smallest absolute Gasteiger partial charge is 0.0511 e. The summed E-state index contributed by atoms with van der Waals surface area (Å²) in [5.74, 6) is 5.72. The van der Waals surface area contributed by atoms with Gasteiger partial charge in [-0.15, -0.1) is 0 Å². The van der Waals surface area contributed by atoms with Gasteiger partial charge in [0.25, 0.3) is 0 Å². The molecule has 2 aromatic rings. The quantitative estimate of drug-likeness (QED) is 0.629. The monoisotopic (exact) mass is 352 g/mol. The Labute approximate surface area is 133 Å². The Balaban J connectivity index is 2.26. The molecule has 106 valence electrons. The zero-order valence-corrected chi connectivity index (χ0v) is 13.9. The van der Waals surface area contributed by atoms with E-state index in [2.05, 4.69) is 53.4 Å². The van der Waals surface area contributed by atoms with Crippen molar-refractivity contribution in [2.24, 2.45) is 5.84 Å². The van der Waals surface area contributed by atoms with E-state index in [9.17, 15) is 0 Å². The highest BCUT2D eigenvalue weighted by Crippen LogP contribution is 2.28. The van der Waals surface area contributed by atoms with Crippen LogP contribution >= 0.6 is 27.5 Å². The first-order valence-electron chi connectivity index (χ1n) is 6.48. The summed E-state index contributed by atoms with van der Waals surface area (Å²) in [7, 11) is 0. The summed E-state index contributed by atoms with van der Waals surface area (Å²) >= 11 is 9.53. The van der Waals surface area contributed by atoms with Crippen LogP contribution in [0, 0.1) is 13.8 Å². The predicted octanol–water partition coefficient (Wildman–Crippen LogP) is 4.47. The fourth-order valence-corrected chi connectivity index (χ4v) is 3.17. The van der Waals surface area contributed by atoms with Gasteiger partial charge in [0.05, 0.1) is 6.04 Å². The number of hydrogen-bond acceptors (Lipinski definition) is 2. The first kappa shape index (κ1) is 15.5. The van der Waals surface area contributed by atoms with Crippen molar-refractivity contribution in [2.75, 3.05) is 0 Å². The van der Waals surface area contributed by atoms with Gasteiger partial charge in [0.15, 0.2) is 0 Å². The number of nitrogens with one attached hydrogen (secondary N) is 1. The molecule has 0 saturated heterocycles. The second kappa shape index (κ2) is 6.72. The molecule has 0 bridgehead atoms. The fraction of sp³-hybridized carbons (Fsp3) is 0.250. The summed E-state index contributed by atoms with van der Waals surface area (Å²) in [6.07, 6.45) is 0.831. The molecule has 3 N–H and O–H groups in total. The Hall–Kier alpha value is -0.870. The van der Waals surface area contributed by atoms with Gasteiger partial charge in [-0.1, -0.05) is 51.8 Å². The van der Waals surface area contributed by atoms with E-state index in [1.807, 2.05) is 18.2 Å². The van der Waals surface area contributed by atoms with Gasteiger partial charge < -0.3 is 0 Å². The van der Waals surface area contributed by atoms with Crippen molar-refractivity contribution in [3.63, 3.8) is 0 Å².